The minimum Gasteiger partial charge on any atom is -0.393 e. The molecule has 0 aliphatic heterocycles. The topological polar surface area (TPSA) is 90.4 Å². The molecule has 3 N–H and O–H groups in total. The maximum atomic E-state index is 10.6. The van der Waals surface area contributed by atoms with Crippen molar-refractivity contribution >= 4 is 17.1 Å². The fourth-order valence-corrected chi connectivity index (χ4v) is 1.32. The summed E-state index contributed by atoms with van der Waals surface area (Å²) < 4.78 is 5.35. The quantitative estimate of drug-likeness (QED) is 0.343. The van der Waals surface area contributed by atoms with Crippen molar-refractivity contribution in [1.82, 2.24) is 0 Å². The van der Waals surface area contributed by atoms with Gasteiger partial charge in [-0.05, 0) is 26.0 Å². The van der Waals surface area contributed by atoms with E-state index in [1.165, 1.54) is 6.07 Å². The van der Waals surface area contributed by atoms with Crippen LogP contribution in [-0.4, -0.2) is 24.2 Å². The molecule has 1 aromatic rings. The van der Waals surface area contributed by atoms with E-state index in [2.05, 4.69) is 5.32 Å². The highest BCUT2D eigenvalue weighted by atomic mass is 16.6. The van der Waals surface area contributed by atoms with Gasteiger partial charge >= 0.3 is 0 Å². The third kappa shape index (κ3) is 4.28. The van der Waals surface area contributed by atoms with Crippen molar-refractivity contribution in [1.29, 1.82) is 0 Å². The monoisotopic (exact) mass is 239 g/mol. The molecule has 94 valence electrons. The number of nitro groups is 1. The van der Waals surface area contributed by atoms with Crippen molar-refractivity contribution in [3.05, 3.63) is 28.3 Å². The summed E-state index contributed by atoms with van der Waals surface area (Å²) in [7, 11) is 0. The summed E-state index contributed by atoms with van der Waals surface area (Å²) >= 11 is 0. The van der Waals surface area contributed by atoms with Gasteiger partial charge in [0.05, 0.1) is 17.6 Å². The molecule has 0 atom stereocenters. The second-order valence-corrected chi connectivity index (χ2v) is 3.88. The van der Waals surface area contributed by atoms with Gasteiger partial charge in [-0.1, -0.05) is 0 Å². The molecule has 0 unspecified atom stereocenters. The maximum Gasteiger partial charge on any atom is 0.292 e. The number of nitrogen functional groups attached to an aromatic ring is 1. The van der Waals surface area contributed by atoms with E-state index in [0.29, 0.717) is 13.2 Å². The van der Waals surface area contributed by atoms with Gasteiger partial charge in [0, 0.05) is 18.3 Å². The van der Waals surface area contributed by atoms with Gasteiger partial charge in [0.25, 0.3) is 5.69 Å². The highest BCUT2D eigenvalue weighted by Gasteiger charge is 2.10. The van der Waals surface area contributed by atoms with Gasteiger partial charge in [-0.2, -0.15) is 0 Å². The van der Waals surface area contributed by atoms with Crippen LogP contribution in [0.1, 0.15) is 13.8 Å². The summed E-state index contributed by atoms with van der Waals surface area (Å²) in [5.74, 6) is 0. The zero-order chi connectivity index (χ0) is 12.8. The molecule has 0 radical (unpaired) electrons. The van der Waals surface area contributed by atoms with E-state index in [1.54, 1.807) is 12.1 Å². The van der Waals surface area contributed by atoms with E-state index < -0.39 is 4.92 Å². The van der Waals surface area contributed by atoms with Crippen LogP contribution < -0.4 is 11.1 Å². The number of nitrogens with zero attached hydrogens (tertiary/aromatic N) is 1. The van der Waals surface area contributed by atoms with Crippen LogP contribution in [0.15, 0.2) is 18.2 Å². The Hall–Kier alpha value is -1.82. The van der Waals surface area contributed by atoms with Crippen LogP contribution in [0.4, 0.5) is 17.1 Å². The zero-order valence-corrected chi connectivity index (χ0v) is 9.97. The molecule has 1 aromatic carbocycles. The van der Waals surface area contributed by atoms with Crippen LogP contribution in [0.5, 0.6) is 0 Å². The van der Waals surface area contributed by atoms with Crippen molar-refractivity contribution in [3.8, 4) is 0 Å². The minimum absolute atomic E-state index is 0.0750. The number of ether oxygens (including phenoxy) is 1. The van der Waals surface area contributed by atoms with Crippen LogP contribution in [0, 0.1) is 10.1 Å². The zero-order valence-electron chi connectivity index (χ0n) is 9.97. The number of benzene rings is 1. The Morgan fingerprint density at radius 3 is 2.76 bits per heavy atom. The molecule has 0 fully saturated rings. The summed E-state index contributed by atoms with van der Waals surface area (Å²) in [6, 6.07) is 4.57. The highest BCUT2D eigenvalue weighted by molar-refractivity contribution is 5.65. The van der Waals surface area contributed by atoms with Crippen molar-refractivity contribution in [3.63, 3.8) is 0 Å². The smallest absolute Gasteiger partial charge is 0.292 e. The summed E-state index contributed by atoms with van der Waals surface area (Å²) in [5.41, 5.74) is 6.39. The minimum atomic E-state index is -0.499. The van der Waals surface area contributed by atoms with E-state index in [9.17, 15) is 10.1 Å². The number of hydrogen-bond acceptors (Lipinski definition) is 5. The first-order valence-corrected chi connectivity index (χ1v) is 5.40. The van der Waals surface area contributed by atoms with Crippen molar-refractivity contribution < 1.29 is 9.66 Å². The molecule has 6 heteroatoms. The van der Waals surface area contributed by atoms with Crippen LogP contribution in [0.25, 0.3) is 0 Å². The molecule has 17 heavy (non-hydrogen) atoms. The third-order valence-corrected chi connectivity index (χ3v) is 2.11. The molecule has 0 saturated heterocycles. The number of nitrogens with one attached hydrogen (secondary N) is 1. The summed E-state index contributed by atoms with van der Waals surface area (Å²) in [5, 5.41) is 13.6. The molecule has 0 amide bonds. The first-order chi connectivity index (χ1) is 8.00. The van der Waals surface area contributed by atoms with Crippen molar-refractivity contribution in [2.24, 2.45) is 0 Å². The second kappa shape index (κ2) is 6.05. The molecule has 0 bridgehead atoms. The first-order valence-electron chi connectivity index (χ1n) is 5.40. The lowest BCUT2D eigenvalue weighted by atomic mass is 10.2. The average molecular weight is 239 g/mol. The lowest BCUT2D eigenvalue weighted by Crippen LogP contribution is -2.13. The predicted molar refractivity (Wildman–Crippen MR) is 67.1 cm³/mol. The van der Waals surface area contributed by atoms with E-state index in [4.69, 9.17) is 10.5 Å². The number of rotatable bonds is 6. The summed E-state index contributed by atoms with van der Waals surface area (Å²) in [6.45, 7) is 5.14. The van der Waals surface area contributed by atoms with Gasteiger partial charge in [-0.3, -0.25) is 10.1 Å². The molecule has 6 nitrogen and oxygen atoms in total. The van der Waals surface area contributed by atoms with Gasteiger partial charge in [0.15, 0.2) is 0 Å². The normalized spacial score (nSPS) is 10.5. The molecule has 0 saturated carbocycles. The molecule has 0 spiro atoms. The Kier molecular flexibility index (Phi) is 4.71. The Morgan fingerprint density at radius 1 is 1.53 bits per heavy atom. The van der Waals surface area contributed by atoms with Crippen LogP contribution in [-0.2, 0) is 4.74 Å². The second-order valence-electron chi connectivity index (χ2n) is 3.88. The summed E-state index contributed by atoms with van der Waals surface area (Å²) in [6.07, 6.45) is 0.193. The fourth-order valence-electron chi connectivity index (χ4n) is 1.32. The first kappa shape index (κ1) is 13.2. The Morgan fingerprint density at radius 2 is 2.24 bits per heavy atom. The van der Waals surface area contributed by atoms with Gasteiger partial charge in [0.2, 0.25) is 0 Å². The largest absolute Gasteiger partial charge is 0.393 e. The number of nitro benzene ring substituents is 1. The fraction of sp³-hybridized carbons (Fsp3) is 0.455. The molecular formula is C11H17N3O3. The van der Waals surface area contributed by atoms with Crippen LogP contribution in [0.3, 0.4) is 0 Å². The average Bonchev–Trinajstić information content (AvgIpc) is 2.23. The lowest BCUT2D eigenvalue weighted by molar-refractivity contribution is -0.383. The predicted octanol–water partition coefficient (Wildman–Crippen LogP) is 2.01. The maximum absolute atomic E-state index is 10.6. The molecule has 0 aromatic heterocycles. The van der Waals surface area contributed by atoms with E-state index in [-0.39, 0.29) is 17.5 Å². The third-order valence-electron chi connectivity index (χ3n) is 2.11. The highest BCUT2D eigenvalue weighted by Crippen LogP contribution is 2.24. The molecular weight excluding hydrogens is 222 g/mol. The molecule has 0 aliphatic rings. The van der Waals surface area contributed by atoms with Gasteiger partial charge in [0.1, 0.15) is 5.69 Å². The van der Waals surface area contributed by atoms with Crippen LogP contribution >= 0.6 is 0 Å². The summed E-state index contributed by atoms with van der Waals surface area (Å²) in [4.78, 5) is 10.1. The standard InChI is InChI=1S/C11H17N3O3/c1-8(2)17-6-5-13-9-3-4-11(14(15)16)10(12)7-9/h3-4,7-8,13H,5-6,12H2,1-2H3. The van der Waals surface area contributed by atoms with Gasteiger partial charge in [-0.15, -0.1) is 0 Å². The van der Waals surface area contributed by atoms with Crippen molar-refractivity contribution in [2.45, 2.75) is 20.0 Å². The van der Waals surface area contributed by atoms with Gasteiger partial charge < -0.3 is 15.8 Å². The van der Waals surface area contributed by atoms with E-state index in [1.807, 2.05) is 13.8 Å². The SMILES string of the molecule is CC(C)OCCNc1ccc([N+](=O)[O-])c(N)c1. The van der Waals surface area contributed by atoms with Crippen molar-refractivity contribution in [2.75, 3.05) is 24.2 Å². The Bertz CT molecular complexity index is 394. The lowest BCUT2D eigenvalue weighted by Gasteiger charge is -2.09. The number of nitrogens with two attached hydrogens (primary N) is 1. The van der Waals surface area contributed by atoms with E-state index in [0.717, 1.165) is 5.69 Å². The Balaban J connectivity index is 2.50. The molecule has 0 heterocycles. The number of anilines is 2. The molecule has 0 aliphatic carbocycles. The Labute approximate surface area is 99.9 Å². The molecule has 1 rings (SSSR count). The number of hydrogen-bond donors (Lipinski definition) is 2. The van der Waals surface area contributed by atoms with E-state index >= 15 is 0 Å². The van der Waals surface area contributed by atoms with Crippen LogP contribution in [0.2, 0.25) is 0 Å². The van der Waals surface area contributed by atoms with Gasteiger partial charge in [-0.25, -0.2) is 0 Å².